The van der Waals surface area contributed by atoms with Crippen molar-refractivity contribution < 1.29 is 19.4 Å². The molecule has 2 aromatic carbocycles. The monoisotopic (exact) mass is 429 g/mol. The largest absolute Gasteiger partial charge is 0.504 e. The first kappa shape index (κ1) is 20.3. The molecule has 3 amide bonds. The van der Waals surface area contributed by atoms with E-state index in [-0.39, 0.29) is 29.8 Å². The van der Waals surface area contributed by atoms with E-state index >= 15 is 0 Å². The molecule has 30 heavy (non-hydrogen) atoms. The van der Waals surface area contributed by atoms with Crippen LogP contribution in [0, 0.1) is 0 Å². The summed E-state index contributed by atoms with van der Waals surface area (Å²) in [7, 11) is 1.49. The maximum atomic E-state index is 13.0. The Hall–Kier alpha value is -2.93. The second-order valence-electron chi connectivity index (χ2n) is 7.74. The summed E-state index contributed by atoms with van der Waals surface area (Å²) >= 11 is 6.19. The molecular formula is C22H24ClN3O4. The number of carbonyl (C=O) groups excluding carboxylic acids is 2. The maximum Gasteiger partial charge on any atom is 0.322 e. The number of phenols is 1. The van der Waals surface area contributed by atoms with Crippen molar-refractivity contribution in [3.63, 3.8) is 0 Å². The van der Waals surface area contributed by atoms with Gasteiger partial charge in [0, 0.05) is 24.3 Å². The molecule has 0 saturated heterocycles. The Labute approximate surface area is 180 Å². The molecule has 2 saturated carbocycles. The van der Waals surface area contributed by atoms with Gasteiger partial charge in [-0.25, -0.2) is 4.79 Å². The lowest BCUT2D eigenvalue weighted by Gasteiger charge is -2.23. The van der Waals surface area contributed by atoms with Crippen LogP contribution in [0.1, 0.15) is 41.6 Å². The van der Waals surface area contributed by atoms with E-state index in [0.29, 0.717) is 28.6 Å². The molecule has 158 valence electrons. The van der Waals surface area contributed by atoms with Gasteiger partial charge in [-0.05, 0) is 61.6 Å². The van der Waals surface area contributed by atoms with Crippen molar-refractivity contribution in [1.29, 1.82) is 0 Å². The van der Waals surface area contributed by atoms with Crippen LogP contribution in [0.25, 0.3) is 0 Å². The number of hydrogen-bond donors (Lipinski definition) is 3. The number of rotatable bonds is 7. The van der Waals surface area contributed by atoms with Gasteiger partial charge in [-0.15, -0.1) is 0 Å². The number of benzene rings is 2. The highest BCUT2D eigenvalue weighted by Gasteiger charge is 2.33. The van der Waals surface area contributed by atoms with E-state index in [9.17, 15) is 14.7 Å². The third-order valence-electron chi connectivity index (χ3n) is 5.22. The summed E-state index contributed by atoms with van der Waals surface area (Å²) in [5.41, 5.74) is 1.72. The fourth-order valence-electron chi connectivity index (χ4n) is 3.23. The Balaban J connectivity index is 1.47. The smallest absolute Gasteiger partial charge is 0.322 e. The van der Waals surface area contributed by atoms with E-state index in [1.54, 1.807) is 41.3 Å². The zero-order valence-corrected chi connectivity index (χ0v) is 17.4. The minimum absolute atomic E-state index is 0.0573. The van der Waals surface area contributed by atoms with Crippen molar-refractivity contribution in [2.75, 3.05) is 12.4 Å². The molecular weight excluding hydrogens is 406 g/mol. The van der Waals surface area contributed by atoms with Crippen molar-refractivity contribution in [3.05, 3.63) is 52.5 Å². The lowest BCUT2D eigenvalue weighted by Crippen LogP contribution is -2.36. The molecule has 3 N–H and O–H groups in total. The van der Waals surface area contributed by atoms with Crippen molar-refractivity contribution in [2.24, 2.45) is 0 Å². The van der Waals surface area contributed by atoms with E-state index in [2.05, 4.69) is 10.6 Å². The van der Waals surface area contributed by atoms with Gasteiger partial charge in [0.05, 0.1) is 17.7 Å². The van der Waals surface area contributed by atoms with E-state index in [1.807, 2.05) is 0 Å². The van der Waals surface area contributed by atoms with Crippen LogP contribution in [-0.2, 0) is 6.54 Å². The van der Waals surface area contributed by atoms with Crippen molar-refractivity contribution in [3.8, 4) is 11.5 Å². The van der Waals surface area contributed by atoms with Gasteiger partial charge in [0.1, 0.15) is 0 Å². The Kier molecular flexibility index (Phi) is 5.72. The highest BCUT2D eigenvalue weighted by molar-refractivity contribution is 6.34. The van der Waals surface area contributed by atoms with Gasteiger partial charge in [0.15, 0.2) is 11.5 Å². The Morgan fingerprint density at radius 3 is 2.60 bits per heavy atom. The first-order chi connectivity index (χ1) is 14.4. The number of urea groups is 1. The Bertz CT molecular complexity index is 973. The number of phenolic OH excluding ortho intramolecular Hbond substituents is 1. The van der Waals surface area contributed by atoms with Gasteiger partial charge in [-0.1, -0.05) is 17.7 Å². The molecule has 8 heteroatoms. The number of aromatic hydroxyl groups is 1. The quantitative estimate of drug-likeness (QED) is 0.616. The lowest BCUT2D eigenvalue weighted by molar-refractivity contribution is 0.0951. The molecule has 7 nitrogen and oxygen atoms in total. The summed E-state index contributed by atoms with van der Waals surface area (Å²) in [4.78, 5) is 27.1. The Morgan fingerprint density at radius 1 is 1.17 bits per heavy atom. The molecule has 0 atom stereocenters. The SMILES string of the molecule is COc1cc(CN(C(=O)Nc2ccc(Cl)c(C(=O)NC3CC3)c2)C2CC2)ccc1O. The first-order valence-electron chi connectivity index (χ1n) is 9.98. The zero-order valence-electron chi connectivity index (χ0n) is 16.7. The van der Waals surface area contributed by atoms with E-state index < -0.39 is 0 Å². The summed E-state index contributed by atoms with van der Waals surface area (Å²) in [6, 6.07) is 10.1. The number of amides is 3. The number of anilines is 1. The second kappa shape index (κ2) is 8.44. The van der Waals surface area contributed by atoms with Crippen molar-refractivity contribution in [1.82, 2.24) is 10.2 Å². The van der Waals surface area contributed by atoms with Crippen LogP contribution >= 0.6 is 11.6 Å². The summed E-state index contributed by atoms with van der Waals surface area (Å²) in [6.45, 7) is 0.385. The summed E-state index contributed by atoms with van der Waals surface area (Å²) in [5.74, 6) is 0.198. The van der Waals surface area contributed by atoms with Crippen LogP contribution in [0.4, 0.5) is 10.5 Å². The summed E-state index contributed by atoms with van der Waals surface area (Å²) in [5, 5.41) is 15.9. The van der Waals surface area contributed by atoms with Gasteiger partial charge < -0.3 is 25.4 Å². The molecule has 0 aromatic heterocycles. The molecule has 2 aromatic rings. The number of methoxy groups -OCH3 is 1. The number of hydrogen-bond acceptors (Lipinski definition) is 4. The Morgan fingerprint density at radius 2 is 1.93 bits per heavy atom. The van der Waals surface area contributed by atoms with E-state index in [0.717, 1.165) is 31.2 Å². The molecule has 0 aliphatic heterocycles. The lowest BCUT2D eigenvalue weighted by atomic mass is 10.1. The number of nitrogens with zero attached hydrogens (tertiary/aromatic N) is 1. The van der Waals surface area contributed by atoms with Crippen LogP contribution in [0.15, 0.2) is 36.4 Å². The predicted molar refractivity (Wildman–Crippen MR) is 114 cm³/mol. The van der Waals surface area contributed by atoms with Gasteiger partial charge in [0.2, 0.25) is 0 Å². The maximum absolute atomic E-state index is 13.0. The van der Waals surface area contributed by atoms with Crippen LogP contribution in [-0.4, -0.2) is 41.1 Å². The minimum Gasteiger partial charge on any atom is -0.504 e. The molecule has 4 rings (SSSR count). The minimum atomic E-state index is -0.250. The van der Waals surface area contributed by atoms with E-state index in [1.165, 1.54) is 7.11 Å². The molecule has 0 radical (unpaired) electrons. The topological polar surface area (TPSA) is 90.9 Å². The summed E-state index contributed by atoms with van der Waals surface area (Å²) < 4.78 is 5.16. The molecule has 2 fully saturated rings. The molecule has 0 spiro atoms. The third kappa shape index (κ3) is 4.79. The van der Waals surface area contributed by atoms with Gasteiger partial charge in [0.25, 0.3) is 5.91 Å². The molecule has 0 unspecified atom stereocenters. The highest BCUT2D eigenvalue weighted by atomic mass is 35.5. The standard InChI is InChI=1S/C22H24ClN3O4/c1-30-20-10-13(2-9-19(20)27)12-26(16-6-7-16)22(29)25-15-5-8-18(23)17(11-15)21(28)24-14-3-4-14/h2,5,8-11,14,16,27H,3-4,6-7,12H2,1H3,(H,24,28)(H,25,29). The van der Waals surface area contributed by atoms with Gasteiger partial charge in [-0.2, -0.15) is 0 Å². The number of halogens is 1. The van der Waals surface area contributed by atoms with Crippen LogP contribution in [0.2, 0.25) is 5.02 Å². The molecule has 0 bridgehead atoms. The predicted octanol–water partition coefficient (Wildman–Crippen LogP) is 4.14. The molecule has 0 heterocycles. The molecule has 2 aliphatic rings. The van der Waals surface area contributed by atoms with Crippen molar-refractivity contribution >= 4 is 29.2 Å². The third-order valence-corrected chi connectivity index (χ3v) is 5.55. The molecule has 2 aliphatic carbocycles. The van der Waals surface area contributed by atoms with Crippen molar-refractivity contribution in [2.45, 2.75) is 44.3 Å². The highest BCUT2D eigenvalue weighted by Crippen LogP contribution is 2.32. The summed E-state index contributed by atoms with van der Waals surface area (Å²) in [6.07, 6.45) is 3.85. The van der Waals surface area contributed by atoms with Crippen LogP contribution in [0.5, 0.6) is 11.5 Å². The average molecular weight is 430 g/mol. The first-order valence-corrected chi connectivity index (χ1v) is 10.4. The average Bonchev–Trinajstić information content (AvgIpc) is 3.63. The number of carbonyl (C=O) groups is 2. The second-order valence-corrected chi connectivity index (χ2v) is 8.14. The van der Waals surface area contributed by atoms with Crippen LogP contribution in [0.3, 0.4) is 0 Å². The fourth-order valence-corrected chi connectivity index (χ4v) is 3.44. The number of nitrogens with one attached hydrogen (secondary N) is 2. The fraction of sp³-hybridized carbons (Fsp3) is 0.364. The van der Waals surface area contributed by atoms with E-state index in [4.69, 9.17) is 16.3 Å². The van der Waals surface area contributed by atoms with Gasteiger partial charge >= 0.3 is 6.03 Å². The van der Waals surface area contributed by atoms with Gasteiger partial charge in [-0.3, -0.25) is 4.79 Å². The zero-order chi connectivity index (χ0) is 21.3. The van der Waals surface area contributed by atoms with Crippen LogP contribution < -0.4 is 15.4 Å². The normalized spacial score (nSPS) is 15.4. The number of ether oxygens (including phenoxy) is 1.